The van der Waals surface area contributed by atoms with Crippen molar-refractivity contribution in [3.8, 4) is 5.75 Å². The Balaban J connectivity index is 1.54. The maximum Gasteiger partial charge on any atom is 0.264 e. The van der Waals surface area contributed by atoms with Gasteiger partial charge in [0.15, 0.2) is 6.61 Å². The summed E-state index contributed by atoms with van der Waals surface area (Å²) in [6.07, 6.45) is 1.18. The largest absolute Gasteiger partial charge is 0.484 e. The Hall–Kier alpha value is -2.53. The topological polar surface area (TPSA) is 36.0 Å². The second-order valence-corrected chi connectivity index (χ2v) is 8.33. The van der Waals surface area contributed by atoms with Crippen LogP contribution in [0.3, 0.4) is 0 Å². The molecule has 1 amide bonds. The molecule has 0 saturated carbocycles. The molecule has 156 valence electrons. The van der Waals surface area contributed by atoms with Crippen molar-refractivity contribution < 1.29 is 9.53 Å². The van der Waals surface area contributed by atoms with Crippen LogP contribution < -0.4 is 14.5 Å². The summed E-state index contributed by atoms with van der Waals surface area (Å²) in [6, 6.07) is 16.8. The summed E-state index contributed by atoms with van der Waals surface area (Å²) in [5.74, 6) is 1.13. The molecule has 5 heteroatoms. The summed E-state index contributed by atoms with van der Waals surface area (Å²) >= 11 is 0. The molecule has 2 aromatic carbocycles. The molecule has 1 atom stereocenters. The fraction of sp³-hybridized carbons (Fsp3) is 0.458. The Kier molecular flexibility index (Phi) is 6.80. The lowest BCUT2D eigenvalue weighted by Crippen LogP contribution is -2.32. The number of ether oxygens (including phenoxy) is 1. The third-order valence-corrected chi connectivity index (χ3v) is 5.78. The van der Waals surface area contributed by atoms with E-state index in [4.69, 9.17) is 4.74 Å². The maximum atomic E-state index is 12.5. The highest BCUT2D eigenvalue weighted by atomic mass is 16.5. The number of rotatable bonds is 7. The number of anilines is 2. The van der Waals surface area contributed by atoms with Gasteiger partial charge in [0.1, 0.15) is 5.75 Å². The van der Waals surface area contributed by atoms with E-state index in [0.717, 1.165) is 24.5 Å². The average Bonchev–Trinajstić information content (AvgIpc) is 3.22. The highest BCUT2D eigenvalue weighted by molar-refractivity contribution is 5.94. The Morgan fingerprint density at radius 3 is 2.28 bits per heavy atom. The van der Waals surface area contributed by atoms with Gasteiger partial charge in [-0.1, -0.05) is 26.0 Å². The van der Waals surface area contributed by atoms with Crippen molar-refractivity contribution in [2.24, 2.45) is 0 Å². The first-order chi connectivity index (χ1) is 13.8. The van der Waals surface area contributed by atoms with E-state index in [9.17, 15) is 4.79 Å². The van der Waals surface area contributed by atoms with E-state index in [1.165, 1.54) is 17.7 Å². The maximum absolute atomic E-state index is 12.5. The normalized spacial score (nSPS) is 16.5. The van der Waals surface area contributed by atoms with Crippen LogP contribution in [0.2, 0.25) is 0 Å². The molecule has 3 rings (SSSR count). The van der Waals surface area contributed by atoms with E-state index >= 15 is 0 Å². The molecule has 0 bridgehead atoms. The van der Waals surface area contributed by atoms with Crippen molar-refractivity contribution >= 4 is 17.3 Å². The monoisotopic (exact) mass is 395 g/mol. The van der Waals surface area contributed by atoms with Crippen LogP contribution in [0.15, 0.2) is 48.5 Å². The third-order valence-electron chi connectivity index (χ3n) is 5.78. The molecular formula is C24H33N3O2. The molecule has 1 aliphatic rings. The van der Waals surface area contributed by atoms with Crippen LogP contribution in [-0.2, 0) is 4.79 Å². The van der Waals surface area contributed by atoms with Gasteiger partial charge < -0.3 is 19.4 Å². The smallest absolute Gasteiger partial charge is 0.264 e. The first-order valence-corrected chi connectivity index (χ1v) is 10.4. The average molecular weight is 396 g/mol. The van der Waals surface area contributed by atoms with Crippen LogP contribution >= 0.6 is 0 Å². The first-order valence-electron chi connectivity index (χ1n) is 10.4. The summed E-state index contributed by atoms with van der Waals surface area (Å²) in [5, 5.41) is 0. The Morgan fingerprint density at radius 2 is 1.72 bits per heavy atom. The second-order valence-electron chi connectivity index (χ2n) is 8.33. The van der Waals surface area contributed by atoms with Crippen LogP contribution in [-0.4, -0.2) is 57.7 Å². The lowest BCUT2D eigenvalue weighted by Gasteiger charge is -2.23. The molecule has 29 heavy (non-hydrogen) atoms. The highest BCUT2D eigenvalue weighted by Gasteiger charge is 2.24. The van der Waals surface area contributed by atoms with Gasteiger partial charge in [0.05, 0.1) is 0 Å². The van der Waals surface area contributed by atoms with Crippen LogP contribution in [0, 0.1) is 0 Å². The summed E-state index contributed by atoms with van der Waals surface area (Å²) in [4.78, 5) is 18.9. The molecule has 1 fully saturated rings. The minimum atomic E-state index is -0.0699. The molecule has 1 heterocycles. The van der Waals surface area contributed by atoms with Gasteiger partial charge in [-0.25, -0.2) is 0 Å². The third kappa shape index (κ3) is 5.30. The minimum absolute atomic E-state index is 0.0237. The van der Waals surface area contributed by atoms with Gasteiger partial charge >= 0.3 is 0 Å². The number of carbonyl (C=O) groups is 1. The van der Waals surface area contributed by atoms with Crippen molar-refractivity contribution in [3.05, 3.63) is 54.1 Å². The molecule has 5 nitrogen and oxygen atoms in total. The van der Waals surface area contributed by atoms with Gasteiger partial charge in [-0.2, -0.15) is 0 Å². The van der Waals surface area contributed by atoms with Crippen molar-refractivity contribution in [1.29, 1.82) is 0 Å². The lowest BCUT2D eigenvalue weighted by molar-refractivity contribution is -0.120. The molecule has 1 aliphatic heterocycles. The molecule has 0 spiro atoms. The number of likely N-dealkylation sites (N-methyl/N-ethyl adjacent to an activating group) is 2. The zero-order chi connectivity index (χ0) is 21.0. The number of nitrogens with zero attached hydrogens (tertiary/aromatic N) is 3. The summed E-state index contributed by atoms with van der Waals surface area (Å²) < 4.78 is 5.68. The first kappa shape index (κ1) is 21.2. The molecular weight excluding hydrogens is 362 g/mol. The van der Waals surface area contributed by atoms with Crippen molar-refractivity contribution in [1.82, 2.24) is 4.90 Å². The SMILES string of the molecule is CC(C)c1ccc(OCC(=O)N(C)c2ccc(N3CCC(N(C)C)C3)cc2)cc1. The number of amides is 1. The Bertz CT molecular complexity index is 800. The highest BCUT2D eigenvalue weighted by Crippen LogP contribution is 2.25. The standard InChI is InChI=1S/C24H33N3O2/c1-18(2)19-6-12-23(13-7-19)29-17-24(28)26(5)20-8-10-21(11-9-20)27-15-14-22(16-27)25(3)4/h6-13,18,22H,14-17H2,1-5H3. The number of hydrogen-bond donors (Lipinski definition) is 0. The fourth-order valence-corrected chi connectivity index (χ4v) is 3.62. The number of hydrogen-bond acceptors (Lipinski definition) is 4. The fourth-order valence-electron chi connectivity index (χ4n) is 3.62. The van der Waals surface area contributed by atoms with Gasteiger partial charge in [0, 0.05) is 37.6 Å². The van der Waals surface area contributed by atoms with Gasteiger partial charge in [-0.3, -0.25) is 4.79 Å². The predicted molar refractivity (Wildman–Crippen MR) is 120 cm³/mol. The zero-order valence-corrected chi connectivity index (χ0v) is 18.3. The number of benzene rings is 2. The van der Waals surface area contributed by atoms with Gasteiger partial charge in [0.2, 0.25) is 0 Å². The van der Waals surface area contributed by atoms with E-state index in [1.807, 2.05) is 36.4 Å². The molecule has 0 aromatic heterocycles. The zero-order valence-electron chi connectivity index (χ0n) is 18.3. The van der Waals surface area contributed by atoms with Crippen molar-refractivity contribution in [2.45, 2.75) is 32.2 Å². The van der Waals surface area contributed by atoms with Crippen molar-refractivity contribution in [3.63, 3.8) is 0 Å². The quantitative estimate of drug-likeness (QED) is 0.710. The van der Waals surface area contributed by atoms with Crippen molar-refractivity contribution in [2.75, 3.05) is 50.6 Å². The molecule has 2 aromatic rings. The van der Waals surface area contributed by atoms with Crippen LogP contribution in [0.25, 0.3) is 0 Å². The van der Waals surface area contributed by atoms with Gasteiger partial charge in [-0.05, 0) is 68.4 Å². The van der Waals surface area contributed by atoms with Gasteiger partial charge in [-0.15, -0.1) is 0 Å². The van der Waals surface area contributed by atoms with E-state index in [1.54, 1.807) is 11.9 Å². The second kappa shape index (κ2) is 9.31. The Morgan fingerprint density at radius 1 is 1.07 bits per heavy atom. The minimum Gasteiger partial charge on any atom is -0.484 e. The molecule has 0 radical (unpaired) electrons. The lowest BCUT2D eigenvalue weighted by atomic mass is 10.0. The van der Waals surface area contributed by atoms with Gasteiger partial charge in [0.25, 0.3) is 5.91 Å². The van der Waals surface area contributed by atoms with Crippen LogP contribution in [0.4, 0.5) is 11.4 Å². The Labute approximate surface area is 174 Å². The molecule has 0 N–H and O–H groups in total. The van der Waals surface area contributed by atoms with E-state index in [0.29, 0.717) is 12.0 Å². The predicted octanol–water partition coefficient (Wildman–Crippen LogP) is 3.99. The van der Waals surface area contributed by atoms with E-state index in [2.05, 4.69) is 49.9 Å². The van der Waals surface area contributed by atoms with Crippen LogP contribution in [0.1, 0.15) is 31.7 Å². The van der Waals surface area contributed by atoms with E-state index in [-0.39, 0.29) is 12.5 Å². The summed E-state index contributed by atoms with van der Waals surface area (Å²) in [6.45, 7) is 6.45. The summed E-state index contributed by atoms with van der Waals surface area (Å²) in [5.41, 5.74) is 3.34. The van der Waals surface area contributed by atoms with E-state index < -0.39 is 0 Å². The van der Waals surface area contributed by atoms with Crippen LogP contribution in [0.5, 0.6) is 5.75 Å². The molecule has 1 saturated heterocycles. The molecule has 0 aliphatic carbocycles. The molecule has 1 unspecified atom stereocenters. The summed E-state index contributed by atoms with van der Waals surface area (Å²) in [7, 11) is 6.07. The number of carbonyl (C=O) groups excluding carboxylic acids is 1.